The molecular formula is C14H20FNO3. The molecule has 1 amide bonds. The maximum absolute atomic E-state index is 12.9. The molecule has 0 radical (unpaired) electrons. The van der Waals surface area contributed by atoms with E-state index in [0.29, 0.717) is 12.3 Å². The highest BCUT2D eigenvalue weighted by molar-refractivity contribution is 5.77. The number of ether oxygens (including phenoxy) is 1. The van der Waals surface area contributed by atoms with Crippen molar-refractivity contribution in [3.63, 3.8) is 0 Å². The van der Waals surface area contributed by atoms with Crippen molar-refractivity contribution >= 4 is 5.91 Å². The van der Waals surface area contributed by atoms with E-state index in [-0.39, 0.29) is 24.9 Å². The first-order valence-corrected chi connectivity index (χ1v) is 6.36. The highest BCUT2D eigenvalue weighted by Crippen LogP contribution is 2.11. The van der Waals surface area contributed by atoms with Gasteiger partial charge in [0.1, 0.15) is 11.6 Å². The summed E-state index contributed by atoms with van der Waals surface area (Å²) in [6.07, 6.45) is 2.49. The highest BCUT2D eigenvalue weighted by Gasteiger charge is 2.09. The number of likely N-dealkylation sites (N-methyl/N-ethyl adjacent to an activating group) is 1. The highest BCUT2D eigenvalue weighted by atomic mass is 19.1. The van der Waals surface area contributed by atoms with Crippen LogP contribution in [0.3, 0.4) is 0 Å². The number of hydrogen-bond donors (Lipinski definition) is 1. The summed E-state index contributed by atoms with van der Waals surface area (Å²) in [6.45, 7) is 0.714. The van der Waals surface area contributed by atoms with Gasteiger partial charge in [-0.2, -0.15) is 0 Å². The molecule has 0 aliphatic carbocycles. The summed E-state index contributed by atoms with van der Waals surface area (Å²) >= 11 is 0. The molecule has 1 aromatic carbocycles. The van der Waals surface area contributed by atoms with Gasteiger partial charge in [-0.15, -0.1) is 0 Å². The molecule has 0 bridgehead atoms. The molecule has 0 aliphatic heterocycles. The zero-order valence-corrected chi connectivity index (χ0v) is 11.1. The first-order valence-electron chi connectivity index (χ1n) is 6.36. The molecule has 0 heterocycles. The van der Waals surface area contributed by atoms with Crippen LogP contribution in [0.1, 0.15) is 19.3 Å². The molecule has 0 saturated carbocycles. The van der Waals surface area contributed by atoms with Crippen LogP contribution in [0.4, 0.5) is 4.39 Å². The van der Waals surface area contributed by atoms with Crippen molar-refractivity contribution in [1.29, 1.82) is 0 Å². The third-order valence-electron chi connectivity index (χ3n) is 2.74. The van der Waals surface area contributed by atoms with Crippen molar-refractivity contribution in [3.8, 4) is 5.75 Å². The molecule has 1 rings (SSSR count). The number of rotatable bonds is 8. The van der Waals surface area contributed by atoms with Gasteiger partial charge < -0.3 is 14.7 Å². The number of unbranched alkanes of at least 4 members (excludes halogenated alkanes) is 2. The molecule has 106 valence electrons. The lowest BCUT2D eigenvalue weighted by Gasteiger charge is -2.17. The lowest BCUT2D eigenvalue weighted by molar-refractivity contribution is -0.132. The molecule has 0 spiro atoms. The van der Waals surface area contributed by atoms with Gasteiger partial charge in [0.05, 0.1) is 0 Å². The minimum absolute atomic E-state index is 0.0973. The van der Waals surface area contributed by atoms with Crippen LogP contribution >= 0.6 is 0 Å². The van der Waals surface area contributed by atoms with E-state index < -0.39 is 0 Å². The SMILES string of the molecule is CN(CCCCCO)C(=O)COc1cccc(F)c1. The van der Waals surface area contributed by atoms with Gasteiger partial charge in [0.2, 0.25) is 0 Å². The molecule has 0 aromatic heterocycles. The number of nitrogens with zero attached hydrogens (tertiary/aromatic N) is 1. The summed E-state index contributed by atoms with van der Waals surface area (Å²) in [7, 11) is 1.70. The van der Waals surface area contributed by atoms with E-state index in [1.807, 2.05) is 0 Å². The van der Waals surface area contributed by atoms with Crippen LogP contribution in [0.15, 0.2) is 24.3 Å². The van der Waals surface area contributed by atoms with E-state index >= 15 is 0 Å². The Morgan fingerprint density at radius 3 is 2.84 bits per heavy atom. The predicted molar refractivity (Wildman–Crippen MR) is 70.5 cm³/mol. The maximum atomic E-state index is 12.9. The first-order chi connectivity index (χ1) is 9.13. The topological polar surface area (TPSA) is 49.8 Å². The van der Waals surface area contributed by atoms with Crippen molar-refractivity contribution in [2.24, 2.45) is 0 Å². The normalized spacial score (nSPS) is 10.3. The van der Waals surface area contributed by atoms with Crippen LogP contribution < -0.4 is 4.74 Å². The van der Waals surface area contributed by atoms with E-state index in [0.717, 1.165) is 19.3 Å². The molecule has 0 fully saturated rings. The number of carbonyl (C=O) groups excluding carboxylic acids is 1. The Labute approximate surface area is 112 Å². The molecule has 0 saturated heterocycles. The fourth-order valence-corrected chi connectivity index (χ4v) is 1.57. The van der Waals surface area contributed by atoms with Crippen molar-refractivity contribution < 1.29 is 19.0 Å². The Morgan fingerprint density at radius 2 is 2.16 bits per heavy atom. The molecule has 1 aromatic rings. The van der Waals surface area contributed by atoms with Gasteiger partial charge in [-0.3, -0.25) is 4.79 Å². The summed E-state index contributed by atoms with van der Waals surface area (Å²) < 4.78 is 18.1. The second kappa shape index (κ2) is 8.48. The smallest absolute Gasteiger partial charge is 0.260 e. The second-order valence-corrected chi connectivity index (χ2v) is 4.35. The standard InChI is InChI=1S/C14H20FNO3/c1-16(8-3-2-4-9-17)14(18)11-19-13-7-5-6-12(15)10-13/h5-7,10,17H,2-4,8-9,11H2,1H3. The number of benzene rings is 1. The number of aliphatic hydroxyl groups is 1. The van der Waals surface area contributed by atoms with Crippen molar-refractivity contribution in [2.45, 2.75) is 19.3 Å². The first kappa shape index (κ1) is 15.4. The maximum Gasteiger partial charge on any atom is 0.260 e. The van der Waals surface area contributed by atoms with E-state index in [1.165, 1.54) is 18.2 Å². The predicted octanol–water partition coefficient (Wildman–Crippen LogP) is 1.83. The minimum atomic E-state index is -0.387. The van der Waals surface area contributed by atoms with E-state index in [9.17, 15) is 9.18 Å². The van der Waals surface area contributed by atoms with Gasteiger partial charge in [-0.1, -0.05) is 6.07 Å². The molecular weight excluding hydrogens is 249 g/mol. The van der Waals surface area contributed by atoms with E-state index in [4.69, 9.17) is 9.84 Å². The molecule has 5 heteroatoms. The van der Waals surface area contributed by atoms with Crippen molar-refractivity contribution in [1.82, 2.24) is 4.90 Å². The van der Waals surface area contributed by atoms with Crippen LogP contribution in [-0.2, 0) is 4.79 Å². The number of amides is 1. The van der Waals surface area contributed by atoms with Crippen LogP contribution in [0.5, 0.6) is 5.75 Å². The molecule has 0 atom stereocenters. The van der Waals surface area contributed by atoms with Gasteiger partial charge >= 0.3 is 0 Å². The minimum Gasteiger partial charge on any atom is -0.484 e. The summed E-state index contributed by atoms with van der Waals surface area (Å²) in [5.74, 6) is -0.183. The van der Waals surface area contributed by atoms with Gasteiger partial charge in [-0.05, 0) is 31.4 Å². The quantitative estimate of drug-likeness (QED) is 0.732. The fraction of sp³-hybridized carbons (Fsp3) is 0.500. The van der Waals surface area contributed by atoms with Gasteiger partial charge in [0.25, 0.3) is 5.91 Å². The molecule has 1 N–H and O–H groups in total. The zero-order chi connectivity index (χ0) is 14.1. The Hall–Kier alpha value is -1.62. The number of aliphatic hydroxyl groups excluding tert-OH is 1. The van der Waals surface area contributed by atoms with Crippen LogP contribution in [0, 0.1) is 5.82 Å². The van der Waals surface area contributed by atoms with Crippen LogP contribution in [0.2, 0.25) is 0 Å². The Kier molecular flexibility index (Phi) is 6.89. The summed E-state index contributed by atoms with van der Waals surface area (Å²) in [5.41, 5.74) is 0. The van der Waals surface area contributed by atoms with Crippen molar-refractivity contribution in [2.75, 3.05) is 26.8 Å². The zero-order valence-electron chi connectivity index (χ0n) is 11.1. The monoisotopic (exact) mass is 269 g/mol. The fourth-order valence-electron chi connectivity index (χ4n) is 1.57. The Balaban J connectivity index is 2.26. The van der Waals surface area contributed by atoms with E-state index in [1.54, 1.807) is 18.0 Å². The van der Waals surface area contributed by atoms with Gasteiger partial charge in [0.15, 0.2) is 6.61 Å². The summed E-state index contributed by atoms with van der Waals surface area (Å²) in [5, 5.41) is 8.64. The lowest BCUT2D eigenvalue weighted by atomic mass is 10.2. The second-order valence-electron chi connectivity index (χ2n) is 4.35. The third-order valence-corrected chi connectivity index (χ3v) is 2.74. The number of halogens is 1. The average Bonchev–Trinajstić information content (AvgIpc) is 2.41. The van der Waals surface area contributed by atoms with Gasteiger partial charge in [0, 0.05) is 26.3 Å². The molecule has 19 heavy (non-hydrogen) atoms. The lowest BCUT2D eigenvalue weighted by Crippen LogP contribution is -2.32. The summed E-state index contributed by atoms with van der Waals surface area (Å²) in [6, 6.07) is 5.71. The van der Waals surface area contributed by atoms with Crippen LogP contribution in [-0.4, -0.2) is 42.7 Å². The molecule has 4 nitrogen and oxygen atoms in total. The third kappa shape index (κ3) is 6.20. The number of carbonyl (C=O) groups is 1. The van der Waals surface area contributed by atoms with Crippen molar-refractivity contribution in [3.05, 3.63) is 30.1 Å². The molecule has 0 unspecified atom stereocenters. The largest absolute Gasteiger partial charge is 0.484 e. The van der Waals surface area contributed by atoms with Gasteiger partial charge in [-0.25, -0.2) is 4.39 Å². The summed E-state index contributed by atoms with van der Waals surface area (Å²) in [4.78, 5) is 13.3. The van der Waals surface area contributed by atoms with E-state index in [2.05, 4.69) is 0 Å². The number of hydrogen-bond acceptors (Lipinski definition) is 3. The molecule has 0 aliphatic rings. The Morgan fingerprint density at radius 1 is 1.37 bits per heavy atom. The average molecular weight is 269 g/mol. The van der Waals surface area contributed by atoms with Crippen LogP contribution in [0.25, 0.3) is 0 Å². The Bertz CT molecular complexity index is 398.